The molecule has 0 aliphatic carbocycles. The molecule has 1 amide bonds. The van der Waals surface area contributed by atoms with Crippen molar-refractivity contribution in [3.05, 3.63) is 67.1 Å². The van der Waals surface area contributed by atoms with Gasteiger partial charge in [0, 0.05) is 17.6 Å². The summed E-state index contributed by atoms with van der Waals surface area (Å²) in [6.45, 7) is 3.96. The monoisotopic (exact) mass is 562 g/mol. The lowest BCUT2D eigenvalue weighted by molar-refractivity contribution is -0.137. The molecule has 166 valence electrons. The Morgan fingerprint density at radius 1 is 1.22 bits per heavy atom. The fourth-order valence-electron chi connectivity index (χ4n) is 3.28. The molecule has 2 heterocycles. The quantitative estimate of drug-likeness (QED) is 0.444. The van der Waals surface area contributed by atoms with Crippen LogP contribution in [0, 0.1) is 6.92 Å². The number of nitrogens with zero attached hydrogens (tertiary/aromatic N) is 4. The molecule has 2 aromatic carbocycles. The molecule has 0 atom stereocenters. The van der Waals surface area contributed by atoms with Gasteiger partial charge in [0.2, 0.25) is 0 Å². The van der Waals surface area contributed by atoms with Gasteiger partial charge in [-0.25, -0.2) is 4.98 Å². The summed E-state index contributed by atoms with van der Waals surface area (Å²) in [5, 5.41) is 4.81. The van der Waals surface area contributed by atoms with Crippen LogP contribution in [0.1, 0.15) is 11.4 Å². The summed E-state index contributed by atoms with van der Waals surface area (Å²) in [5.41, 5.74) is 1.13. The third kappa shape index (κ3) is 5.08. The van der Waals surface area contributed by atoms with Gasteiger partial charge in [-0.15, -0.1) is 0 Å². The fraction of sp³-hybridized carbons (Fsp3) is 0.273. The molecule has 1 fully saturated rings. The molecule has 4 rings (SSSR count). The molecule has 32 heavy (non-hydrogen) atoms. The molecule has 1 aliphatic rings. The number of halogens is 2. The van der Waals surface area contributed by atoms with Crippen molar-refractivity contribution < 1.29 is 14.3 Å². The topological polar surface area (TPSA) is 86.0 Å². The number of carbonyl (C=O) groups excluding carboxylic acids is 1. The van der Waals surface area contributed by atoms with Gasteiger partial charge in [0.25, 0.3) is 11.5 Å². The second-order valence-electron chi connectivity index (χ2n) is 7.15. The second kappa shape index (κ2) is 9.93. The first-order valence-corrected chi connectivity index (χ1v) is 11.5. The number of hydrogen-bond donors (Lipinski definition) is 0. The van der Waals surface area contributed by atoms with Crippen LogP contribution >= 0.6 is 31.9 Å². The molecule has 0 bridgehead atoms. The van der Waals surface area contributed by atoms with E-state index in [1.807, 2.05) is 12.1 Å². The summed E-state index contributed by atoms with van der Waals surface area (Å²) >= 11 is 6.85. The summed E-state index contributed by atoms with van der Waals surface area (Å²) in [4.78, 5) is 31.3. The highest BCUT2D eigenvalue weighted by molar-refractivity contribution is 9.10. The van der Waals surface area contributed by atoms with E-state index in [0.29, 0.717) is 53.3 Å². The Balaban J connectivity index is 1.49. The first kappa shape index (κ1) is 22.6. The Labute approximate surface area is 201 Å². The molecule has 10 heteroatoms. The van der Waals surface area contributed by atoms with E-state index in [4.69, 9.17) is 9.47 Å². The van der Waals surface area contributed by atoms with Crippen LogP contribution in [0.2, 0.25) is 0 Å². The van der Waals surface area contributed by atoms with Gasteiger partial charge in [0.1, 0.15) is 11.6 Å². The number of ether oxygens (including phenoxy) is 2. The van der Waals surface area contributed by atoms with Crippen molar-refractivity contribution in [3.8, 4) is 5.75 Å². The minimum atomic E-state index is -0.245. The number of amides is 1. The SMILES string of the molecule is Cc1nc2ccc(Br)cc2c(=O)n1N=Cc1ccc(OCC(=O)N2CCOCC2)c(Br)c1. The van der Waals surface area contributed by atoms with Crippen molar-refractivity contribution in [2.45, 2.75) is 6.92 Å². The maximum Gasteiger partial charge on any atom is 0.282 e. The molecule has 8 nitrogen and oxygen atoms in total. The molecule has 0 N–H and O–H groups in total. The van der Waals surface area contributed by atoms with E-state index in [9.17, 15) is 9.59 Å². The van der Waals surface area contributed by atoms with Gasteiger partial charge in [-0.3, -0.25) is 9.59 Å². The van der Waals surface area contributed by atoms with Crippen molar-refractivity contribution in [2.24, 2.45) is 5.10 Å². The number of carbonyl (C=O) groups is 1. The lowest BCUT2D eigenvalue weighted by Crippen LogP contribution is -2.43. The number of fused-ring (bicyclic) bond motifs is 1. The first-order valence-electron chi connectivity index (χ1n) is 9.93. The van der Waals surface area contributed by atoms with Gasteiger partial charge in [-0.05, 0) is 64.8 Å². The summed E-state index contributed by atoms with van der Waals surface area (Å²) in [6.07, 6.45) is 1.58. The number of aromatic nitrogens is 2. The maximum absolute atomic E-state index is 12.8. The number of aryl methyl sites for hydroxylation is 1. The third-order valence-electron chi connectivity index (χ3n) is 4.96. The van der Waals surface area contributed by atoms with Gasteiger partial charge in [0.05, 0.1) is 34.8 Å². The maximum atomic E-state index is 12.8. The lowest BCUT2D eigenvalue weighted by Gasteiger charge is -2.26. The third-order valence-corrected chi connectivity index (χ3v) is 6.08. The number of rotatable bonds is 5. The van der Waals surface area contributed by atoms with E-state index >= 15 is 0 Å². The van der Waals surface area contributed by atoms with Crippen LogP contribution in [0.3, 0.4) is 0 Å². The van der Waals surface area contributed by atoms with Crippen molar-refractivity contribution in [2.75, 3.05) is 32.9 Å². The van der Waals surface area contributed by atoms with Gasteiger partial charge >= 0.3 is 0 Å². The molecule has 0 saturated carbocycles. The molecular formula is C22H20Br2N4O4. The molecule has 0 unspecified atom stereocenters. The summed E-state index contributed by atoms with van der Waals surface area (Å²) in [6, 6.07) is 10.7. The van der Waals surface area contributed by atoms with Crippen LogP contribution in [0.15, 0.2) is 55.2 Å². The smallest absolute Gasteiger partial charge is 0.282 e. The summed E-state index contributed by atoms with van der Waals surface area (Å²) < 4.78 is 13.7. The van der Waals surface area contributed by atoms with E-state index < -0.39 is 0 Å². The predicted octanol–water partition coefficient (Wildman–Crippen LogP) is 3.35. The molecule has 1 saturated heterocycles. The van der Waals surface area contributed by atoms with E-state index in [-0.39, 0.29) is 18.1 Å². The van der Waals surface area contributed by atoms with Crippen molar-refractivity contribution in [3.63, 3.8) is 0 Å². The van der Waals surface area contributed by atoms with Gasteiger partial charge < -0.3 is 14.4 Å². The number of hydrogen-bond acceptors (Lipinski definition) is 6. The average molecular weight is 564 g/mol. The Kier molecular flexibility index (Phi) is 7.02. The Bertz CT molecular complexity index is 1250. The normalized spacial score (nSPS) is 14.3. The Hall–Kier alpha value is -2.56. The Morgan fingerprint density at radius 2 is 2.00 bits per heavy atom. The number of benzene rings is 2. The van der Waals surface area contributed by atoms with Crippen LogP contribution < -0.4 is 10.3 Å². The molecule has 0 spiro atoms. The molecule has 1 aromatic heterocycles. The average Bonchev–Trinajstić information content (AvgIpc) is 2.79. The number of morpholine rings is 1. The highest BCUT2D eigenvalue weighted by Gasteiger charge is 2.17. The molecule has 1 aliphatic heterocycles. The van der Waals surface area contributed by atoms with Crippen LogP contribution in [-0.2, 0) is 9.53 Å². The van der Waals surface area contributed by atoms with Crippen molar-refractivity contribution >= 4 is 54.9 Å². The molecule has 0 radical (unpaired) electrons. The zero-order valence-corrected chi connectivity index (χ0v) is 20.4. The van der Waals surface area contributed by atoms with E-state index in [1.165, 1.54) is 4.68 Å². The van der Waals surface area contributed by atoms with E-state index in [0.717, 1.165) is 10.0 Å². The zero-order valence-electron chi connectivity index (χ0n) is 17.3. The lowest BCUT2D eigenvalue weighted by atomic mass is 10.2. The van der Waals surface area contributed by atoms with Crippen LogP contribution in [0.5, 0.6) is 5.75 Å². The first-order chi connectivity index (χ1) is 15.4. The van der Waals surface area contributed by atoms with Crippen molar-refractivity contribution in [1.82, 2.24) is 14.6 Å². The largest absolute Gasteiger partial charge is 0.483 e. The standard InChI is InChI=1S/C22H20Br2N4O4/c1-14-26-19-4-3-16(23)11-17(19)22(30)28(14)25-12-15-2-5-20(18(24)10-15)32-13-21(29)27-6-8-31-9-7-27/h2-5,10-12H,6-9,13H2,1H3. The van der Waals surface area contributed by atoms with Gasteiger partial charge in [-0.1, -0.05) is 15.9 Å². The van der Waals surface area contributed by atoms with Crippen molar-refractivity contribution in [1.29, 1.82) is 0 Å². The second-order valence-corrected chi connectivity index (χ2v) is 8.92. The van der Waals surface area contributed by atoms with E-state index in [2.05, 4.69) is 41.9 Å². The van der Waals surface area contributed by atoms with Crippen LogP contribution in [0.4, 0.5) is 0 Å². The highest BCUT2D eigenvalue weighted by atomic mass is 79.9. The fourth-order valence-corrected chi connectivity index (χ4v) is 4.15. The zero-order chi connectivity index (χ0) is 22.7. The van der Waals surface area contributed by atoms with Crippen LogP contribution in [0.25, 0.3) is 10.9 Å². The molecule has 3 aromatic rings. The Morgan fingerprint density at radius 3 is 2.75 bits per heavy atom. The minimum Gasteiger partial charge on any atom is -0.483 e. The minimum absolute atomic E-state index is 0.0427. The van der Waals surface area contributed by atoms with E-state index in [1.54, 1.807) is 42.3 Å². The molecular weight excluding hydrogens is 544 g/mol. The predicted molar refractivity (Wildman–Crippen MR) is 128 cm³/mol. The van der Waals surface area contributed by atoms with Gasteiger partial charge in [0.15, 0.2) is 6.61 Å². The van der Waals surface area contributed by atoms with Gasteiger partial charge in [-0.2, -0.15) is 9.78 Å². The highest BCUT2D eigenvalue weighted by Crippen LogP contribution is 2.25. The summed E-state index contributed by atoms with van der Waals surface area (Å²) in [5.74, 6) is 0.965. The van der Waals surface area contributed by atoms with Crippen LogP contribution in [-0.4, -0.2) is 59.6 Å². The summed E-state index contributed by atoms with van der Waals surface area (Å²) in [7, 11) is 0.